The second-order valence-corrected chi connectivity index (χ2v) is 2.29. The molecule has 0 unspecified atom stereocenters. The largest absolute Gasteiger partial charge is 1.00 e. The van der Waals surface area contributed by atoms with Crippen LogP contribution in [-0.2, 0) is 0 Å². The van der Waals surface area contributed by atoms with Gasteiger partial charge in [0.25, 0.3) is 0 Å². The first-order valence-electron chi connectivity index (χ1n) is 2.13. The molecule has 1 N–H and O–H groups in total. The molecule has 0 spiro atoms. The number of hydrogen-bond acceptors (Lipinski definition) is 1. The average Bonchev–Trinajstić information content (AvgIpc) is 1.77. The predicted molar refractivity (Wildman–Crippen MR) is 35.9 cm³/mol. The van der Waals surface area contributed by atoms with E-state index in [9.17, 15) is 4.79 Å². The molecule has 0 aliphatic carbocycles. The summed E-state index contributed by atoms with van der Waals surface area (Å²) < 4.78 is 0.886. The average molecular weight is 214 g/mol. The second-order valence-electron chi connectivity index (χ2n) is 1.37. The summed E-state index contributed by atoms with van der Waals surface area (Å²) in [6.07, 6.45) is 1.60. The molecule has 0 radical (unpaired) electrons. The molecule has 9 heavy (non-hydrogen) atoms. The van der Waals surface area contributed by atoms with Crippen molar-refractivity contribution in [2.45, 2.75) is 0 Å². The Bertz CT molecular complexity index is 219. The molecule has 4 heteroatoms. The topological polar surface area (TPSA) is 32.9 Å². The summed E-state index contributed by atoms with van der Waals surface area (Å²) in [5.74, 6) is 0. The third kappa shape index (κ3) is 3.70. The van der Waals surface area contributed by atoms with Crippen molar-refractivity contribution in [2.24, 2.45) is 0 Å². The van der Waals surface area contributed by atoms with Gasteiger partial charge in [-0.15, -0.1) is 0 Å². The molecular weight excluding hydrogens is 209 g/mol. The molecule has 0 bridgehead atoms. The van der Waals surface area contributed by atoms with E-state index in [1.165, 1.54) is 6.07 Å². The Labute approximate surface area is 105 Å². The fourth-order valence-electron chi connectivity index (χ4n) is 0.392. The van der Waals surface area contributed by atoms with Gasteiger partial charge in [0.2, 0.25) is 5.56 Å². The molecule has 1 aromatic heterocycles. The normalized spacial score (nSPS) is 8.11. The fraction of sp³-hybridized carbons (Fsp3) is 0. The Morgan fingerprint density at radius 1 is 1.56 bits per heavy atom. The first-order valence-corrected chi connectivity index (χ1v) is 2.92. The second kappa shape index (κ2) is 4.82. The van der Waals surface area contributed by atoms with E-state index >= 15 is 0 Å². The minimum absolute atomic E-state index is 0. The van der Waals surface area contributed by atoms with Crippen molar-refractivity contribution in [2.75, 3.05) is 0 Å². The van der Waals surface area contributed by atoms with Gasteiger partial charge >= 0.3 is 51.4 Å². The molecule has 0 atom stereocenters. The van der Waals surface area contributed by atoms with E-state index in [2.05, 4.69) is 20.9 Å². The number of hydrogen-bond donors (Lipinski definition) is 1. The van der Waals surface area contributed by atoms with Crippen molar-refractivity contribution in [1.82, 2.24) is 4.98 Å². The third-order valence-corrected chi connectivity index (χ3v) is 1.24. The van der Waals surface area contributed by atoms with Gasteiger partial charge in [0.1, 0.15) is 0 Å². The van der Waals surface area contributed by atoms with Gasteiger partial charge < -0.3 is 6.41 Å². The zero-order chi connectivity index (χ0) is 5.98. The maximum Gasteiger partial charge on any atom is 1.00 e. The van der Waals surface area contributed by atoms with E-state index in [1.807, 2.05) is 0 Å². The van der Waals surface area contributed by atoms with Crippen molar-refractivity contribution in [1.29, 1.82) is 0 Å². The minimum Gasteiger partial charge on any atom is -1.00 e. The number of halogens is 1. The molecule has 0 amide bonds. The van der Waals surface area contributed by atoms with Crippen molar-refractivity contribution in [3.63, 3.8) is 0 Å². The molecule has 0 aromatic carbocycles. The van der Waals surface area contributed by atoms with Gasteiger partial charge in [-0.25, -0.2) is 0 Å². The molecule has 2 nitrogen and oxygen atoms in total. The monoisotopic (exact) mass is 213 g/mol. The number of nitrogens with one attached hydrogen (secondary N) is 1. The molecule has 0 saturated heterocycles. The van der Waals surface area contributed by atoms with Gasteiger partial charge in [-0.2, -0.15) is 0 Å². The molecule has 44 valence electrons. The van der Waals surface area contributed by atoms with Crippen molar-refractivity contribution < 1.29 is 52.8 Å². The van der Waals surface area contributed by atoms with E-state index < -0.39 is 0 Å². The van der Waals surface area contributed by atoms with Gasteiger partial charge in [0, 0.05) is 16.7 Å². The number of aromatic nitrogens is 1. The maximum absolute atomic E-state index is 10.3. The van der Waals surface area contributed by atoms with E-state index in [4.69, 9.17) is 0 Å². The Balaban J connectivity index is 0. The van der Waals surface area contributed by atoms with Crippen LogP contribution in [0.2, 0.25) is 0 Å². The van der Waals surface area contributed by atoms with Gasteiger partial charge in [0.05, 0.1) is 0 Å². The van der Waals surface area contributed by atoms with E-state index in [1.54, 1.807) is 12.3 Å². The summed E-state index contributed by atoms with van der Waals surface area (Å²) >= 11 is 3.18. The molecule has 1 rings (SSSR count). The number of aromatic amines is 1. The van der Waals surface area contributed by atoms with Crippen LogP contribution in [0.3, 0.4) is 0 Å². The number of pyridine rings is 1. The van der Waals surface area contributed by atoms with Gasteiger partial charge in [0.15, 0.2) is 0 Å². The zero-order valence-corrected chi connectivity index (χ0v) is 9.73. The SMILES string of the molecule is O=c1ccc(Br)c[nH]1.[H-].[K+]. The molecule has 1 heterocycles. The van der Waals surface area contributed by atoms with Crippen molar-refractivity contribution >= 4 is 15.9 Å². The first kappa shape index (κ1) is 10.1. The Hall–Kier alpha value is 1.07. The van der Waals surface area contributed by atoms with Crippen molar-refractivity contribution in [3.8, 4) is 0 Å². The smallest absolute Gasteiger partial charge is 1.00 e. The Kier molecular flexibility index (Phi) is 5.39. The first-order chi connectivity index (χ1) is 3.79. The summed E-state index contributed by atoms with van der Waals surface area (Å²) in [5.41, 5.74) is -0.0757. The summed E-state index contributed by atoms with van der Waals surface area (Å²) in [6, 6.07) is 3.16. The van der Waals surface area contributed by atoms with Crippen molar-refractivity contribution in [3.05, 3.63) is 33.2 Å². The van der Waals surface area contributed by atoms with E-state index in [-0.39, 0.29) is 58.4 Å². The maximum atomic E-state index is 10.3. The van der Waals surface area contributed by atoms with E-state index in [0.29, 0.717) is 0 Å². The molecule has 0 aliphatic rings. The fourth-order valence-corrected chi connectivity index (χ4v) is 0.638. The summed E-state index contributed by atoms with van der Waals surface area (Å²) in [4.78, 5) is 12.8. The minimum atomic E-state index is -0.0757. The summed E-state index contributed by atoms with van der Waals surface area (Å²) in [5, 5.41) is 0. The van der Waals surface area contributed by atoms with Crippen LogP contribution in [0.1, 0.15) is 1.43 Å². The van der Waals surface area contributed by atoms with Crippen LogP contribution < -0.4 is 56.9 Å². The van der Waals surface area contributed by atoms with Crippen LogP contribution in [-0.4, -0.2) is 4.98 Å². The quantitative estimate of drug-likeness (QED) is 0.511. The van der Waals surface area contributed by atoms with Crippen LogP contribution in [0, 0.1) is 0 Å². The number of H-pyrrole nitrogens is 1. The van der Waals surface area contributed by atoms with Gasteiger partial charge in [-0.05, 0) is 22.0 Å². The van der Waals surface area contributed by atoms with Crippen LogP contribution in [0.4, 0.5) is 0 Å². The summed E-state index contributed by atoms with van der Waals surface area (Å²) in [7, 11) is 0. The standard InChI is InChI=1S/C5H4BrNO.K.H/c6-4-1-2-5(8)7-3-4;;/h1-3H,(H,7,8);;/q;+1;-1. The van der Waals surface area contributed by atoms with E-state index in [0.717, 1.165) is 4.47 Å². The Morgan fingerprint density at radius 2 is 2.22 bits per heavy atom. The van der Waals surface area contributed by atoms with Crippen LogP contribution in [0.15, 0.2) is 27.6 Å². The third-order valence-electron chi connectivity index (χ3n) is 0.746. The molecule has 0 fully saturated rings. The van der Waals surface area contributed by atoms with Crippen LogP contribution >= 0.6 is 15.9 Å². The molecule has 0 saturated carbocycles. The summed E-state index contributed by atoms with van der Waals surface area (Å²) in [6.45, 7) is 0. The molecular formula is C5H5BrKNO. The number of rotatable bonds is 0. The van der Waals surface area contributed by atoms with Gasteiger partial charge in [-0.1, -0.05) is 0 Å². The Morgan fingerprint density at radius 3 is 2.56 bits per heavy atom. The molecule has 0 aliphatic heterocycles. The van der Waals surface area contributed by atoms with Crippen LogP contribution in [0.25, 0.3) is 0 Å². The molecule has 1 aromatic rings. The predicted octanol–water partition coefficient (Wildman–Crippen LogP) is -1.75. The van der Waals surface area contributed by atoms with Crippen LogP contribution in [0.5, 0.6) is 0 Å². The van der Waals surface area contributed by atoms with Gasteiger partial charge in [-0.3, -0.25) is 4.79 Å². The zero-order valence-electron chi connectivity index (χ0n) is 6.02.